The number of amides is 1. The fourth-order valence-electron chi connectivity index (χ4n) is 3.21. The highest BCUT2D eigenvalue weighted by Crippen LogP contribution is 2.36. The molecular weight excluding hydrogens is 372 g/mol. The van der Waals surface area contributed by atoms with E-state index in [0.717, 1.165) is 12.1 Å². The van der Waals surface area contributed by atoms with Gasteiger partial charge in [0.15, 0.2) is 14.9 Å². The number of hydrogen-bond donors (Lipinski definition) is 0. The molecule has 2 saturated heterocycles. The fraction of sp³-hybridized carbons (Fsp3) is 0.467. The lowest BCUT2D eigenvalue weighted by Gasteiger charge is -2.26. The summed E-state index contributed by atoms with van der Waals surface area (Å²) < 4.78 is 51.6. The Balaban J connectivity index is 2.01. The number of anilines is 1. The van der Waals surface area contributed by atoms with Gasteiger partial charge < -0.3 is 14.7 Å². The molecule has 2 aliphatic rings. The third-order valence-electron chi connectivity index (χ3n) is 4.45. The first-order valence-electron chi connectivity index (χ1n) is 7.56. The van der Waals surface area contributed by atoms with Gasteiger partial charge >= 0.3 is 0 Å². The molecule has 2 fully saturated rings. The Kier molecular flexibility index (Phi) is 4.44. The highest BCUT2D eigenvalue weighted by Gasteiger charge is 2.53. The van der Waals surface area contributed by atoms with Crippen molar-refractivity contribution in [1.29, 1.82) is 0 Å². The summed E-state index contributed by atoms with van der Waals surface area (Å²) in [5.74, 6) is -2.15. The zero-order valence-corrected chi connectivity index (χ0v) is 15.3. The SMILES string of the molecule is CN(C)C(=O)CN1C(=S)N(c2ccc(F)cc2F)[C@@H]2CS(=O)(=O)C[C@H]21. The van der Waals surface area contributed by atoms with Crippen LogP contribution in [0.15, 0.2) is 18.2 Å². The molecule has 0 aromatic heterocycles. The smallest absolute Gasteiger partial charge is 0.241 e. The van der Waals surface area contributed by atoms with Crippen molar-refractivity contribution < 1.29 is 22.0 Å². The second-order valence-electron chi connectivity index (χ2n) is 6.38. The molecule has 0 unspecified atom stereocenters. The Morgan fingerprint density at radius 1 is 1.28 bits per heavy atom. The molecule has 0 radical (unpaired) electrons. The number of carbonyl (C=O) groups excluding carboxylic acids is 1. The summed E-state index contributed by atoms with van der Waals surface area (Å²) >= 11 is 5.40. The van der Waals surface area contributed by atoms with Gasteiger partial charge in [-0.1, -0.05) is 0 Å². The van der Waals surface area contributed by atoms with Crippen LogP contribution in [0.4, 0.5) is 14.5 Å². The maximum Gasteiger partial charge on any atom is 0.241 e. The van der Waals surface area contributed by atoms with E-state index in [0.29, 0.717) is 0 Å². The maximum atomic E-state index is 14.3. The first kappa shape index (κ1) is 18.0. The molecule has 2 aliphatic heterocycles. The number of halogens is 2. The number of benzene rings is 1. The van der Waals surface area contributed by atoms with Crippen molar-refractivity contribution in [2.75, 3.05) is 37.0 Å². The summed E-state index contributed by atoms with van der Waals surface area (Å²) in [5, 5.41) is 0.172. The molecular formula is C15H17F2N3O3S2. The van der Waals surface area contributed by atoms with Crippen LogP contribution < -0.4 is 4.90 Å². The molecule has 6 nitrogen and oxygen atoms in total. The van der Waals surface area contributed by atoms with E-state index in [1.807, 2.05) is 0 Å². The topological polar surface area (TPSA) is 60.9 Å². The lowest BCUT2D eigenvalue weighted by molar-refractivity contribution is -0.129. The van der Waals surface area contributed by atoms with Crippen molar-refractivity contribution in [3.63, 3.8) is 0 Å². The van der Waals surface area contributed by atoms with Crippen molar-refractivity contribution in [3.8, 4) is 0 Å². The molecule has 0 spiro atoms. The van der Waals surface area contributed by atoms with Crippen molar-refractivity contribution in [2.24, 2.45) is 0 Å². The Labute approximate surface area is 149 Å². The molecule has 0 bridgehead atoms. The van der Waals surface area contributed by atoms with E-state index in [2.05, 4.69) is 0 Å². The van der Waals surface area contributed by atoms with E-state index in [9.17, 15) is 22.0 Å². The normalized spacial score (nSPS) is 24.6. The second-order valence-corrected chi connectivity index (χ2v) is 8.89. The van der Waals surface area contributed by atoms with Crippen molar-refractivity contribution in [1.82, 2.24) is 9.80 Å². The van der Waals surface area contributed by atoms with Crippen LogP contribution in [0.3, 0.4) is 0 Å². The zero-order valence-electron chi connectivity index (χ0n) is 13.6. The molecule has 0 aliphatic carbocycles. The van der Waals surface area contributed by atoms with Crippen molar-refractivity contribution in [2.45, 2.75) is 12.1 Å². The van der Waals surface area contributed by atoms with E-state index >= 15 is 0 Å². The molecule has 25 heavy (non-hydrogen) atoms. The third kappa shape index (κ3) is 3.20. The summed E-state index contributed by atoms with van der Waals surface area (Å²) in [5.41, 5.74) is 0.0123. The molecule has 1 aromatic rings. The Bertz CT molecular complexity index is 844. The Morgan fingerprint density at radius 2 is 1.92 bits per heavy atom. The summed E-state index contributed by atoms with van der Waals surface area (Å²) in [7, 11) is -0.174. The van der Waals surface area contributed by atoms with Gasteiger partial charge in [0, 0.05) is 20.2 Å². The highest BCUT2D eigenvalue weighted by atomic mass is 32.2. The molecule has 0 N–H and O–H groups in total. The largest absolute Gasteiger partial charge is 0.347 e. The average molecular weight is 389 g/mol. The van der Waals surface area contributed by atoms with Gasteiger partial charge in [-0.3, -0.25) is 4.79 Å². The van der Waals surface area contributed by atoms with Crippen LogP contribution in [0.5, 0.6) is 0 Å². The summed E-state index contributed by atoms with van der Waals surface area (Å²) in [6, 6.07) is 1.91. The van der Waals surface area contributed by atoms with Crippen LogP contribution in [-0.2, 0) is 14.6 Å². The minimum atomic E-state index is -3.34. The standard InChI is InChI=1S/C15H17F2N3O3S2/c1-18(2)14(21)6-19-12-7-25(22,23)8-13(12)20(15(19)24)11-4-3-9(16)5-10(11)17/h3-5,12-13H,6-8H2,1-2H3/t12-,13-/m1/s1. The first-order valence-corrected chi connectivity index (χ1v) is 9.79. The monoisotopic (exact) mass is 389 g/mol. The van der Waals surface area contributed by atoms with Crippen LogP contribution >= 0.6 is 12.2 Å². The molecule has 3 rings (SSSR count). The predicted molar refractivity (Wildman–Crippen MR) is 93.1 cm³/mol. The summed E-state index contributed by atoms with van der Waals surface area (Å²) in [6.45, 7) is -0.0954. The molecule has 1 amide bonds. The number of sulfone groups is 1. The lowest BCUT2D eigenvalue weighted by atomic mass is 10.1. The van der Waals surface area contributed by atoms with Crippen LogP contribution in [-0.4, -0.2) is 73.5 Å². The minimum absolute atomic E-state index is 0.0123. The van der Waals surface area contributed by atoms with Crippen LogP contribution in [0, 0.1) is 11.6 Å². The lowest BCUT2D eigenvalue weighted by Crippen LogP contribution is -2.44. The second kappa shape index (κ2) is 6.17. The Hall–Kier alpha value is -1.81. The predicted octanol–water partition coefficient (Wildman–Crippen LogP) is 0.626. The minimum Gasteiger partial charge on any atom is -0.347 e. The van der Waals surface area contributed by atoms with Crippen LogP contribution in [0.2, 0.25) is 0 Å². The number of hydrogen-bond acceptors (Lipinski definition) is 4. The van der Waals surface area contributed by atoms with Gasteiger partial charge in [0.1, 0.15) is 11.6 Å². The average Bonchev–Trinajstić information content (AvgIpc) is 2.92. The third-order valence-corrected chi connectivity index (χ3v) is 6.58. The van der Waals surface area contributed by atoms with Gasteiger partial charge in [0.25, 0.3) is 0 Å². The van der Waals surface area contributed by atoms with Gasteiger partial charge in [-0.15, -0.1) is 0 Å². The quantitative estimate of drug-likeness (QED) is 0.707. The zero-order chi connectivity index (χ0) is 18.5. The van der Waals surface area contributed by atoms with Crippen molar-refractivity contribution >= 4 is 38.8 Å². The fourth-order valence-corrected chi connectivity index (χ4v) is 5.59. The van der Waals surface area contributed by atoms with Gasteiger partial charge in [0.2, 0.25) is 5.91 Å². The molecule has 10 heteroatoms. The van der Waals surface area contributed by atoms with E-state index in [1.54, 1.807) is 14.1 Å². The van der Waals surface area contributed by atoms with Crippen LogP contribution in [0.25, 0.3) is 0 Å². The molecule has 2 atom stereocenters. The number of fused-ring (bicyclic) bond motifs is 1. The van der Waals surface area contributed by atoms with Gasteiger partial charge in [-0.25, -0.2) is 17.2 Å². The van der Waals surface area contributed by atoms with E-state index < -0.39 is 33.6 Å². The van der Waals surface area contributed by atoms with Crippen LogP contribution in [0.1, 0.15) is 0 Å². The maximum absolute atomic E-state index is 14.3. The van der Waals surface area contributed by atoms with E-state index in [-0.39, 0.29) is 34.8 Å². The molecule has 2 heterocycles. The summed E-state index contributed by atoms with van der Waals surface area (Å²) in [4.78, 5) is 16.4. The van der Waals surface area contributed by atoms with Gasteiger partial charge in [-0.2, -0.15) is 0 Å². The van der Waals surface area contributed by atoms with E-state index in [1.165, 1.54) is 20.8 Å². The number of likely N-dealkylation sites (N-methyl/N-ethyl adjacent to an activating group) is 1. The molecule has 1 aromatic carbocycles. The first-order chi connectivity index (χ1) is 11.6. The number of thiocarbonyl (C=S) groups is 1. The van der Waals surface area contributed by atoms with Crippen molar-refractivity contribution in [3.05, 3.63) is 29.8 Å². The number of carbonyl (C=O) groups is 1. The van der Waals surface area contributed by atoms with Gasteiger partial charge in [0.05, 0.1) is 35.8 Å². The highest BCUT2D eigenvalue weighted by molar-refractivity contribution is 7.91. The Morgan fingerprint density at radius 3 is 2.52 bits per heavy atom. The van der Waals surface area contributed by atoms with E-state index in [4.69, 9.17) is 12.2 Å². The number of rotatable bonds is 3. The number of nitrogens with zero attached hydrogens (tertiary/aromatic N) is 3. The van der Waals surface area contributed by atoms with Gasteiger partial charge in [-0.05, 0) is 24.4 Å². The summed E-state index contributed by atoms with van der Waals surface area (Å²) in [6.07, 6.45) is 0. The molecule has 0 saturated carbocycles. The molecule has 136 valence electrons.